The number of likely N-dealkylation sites (N-methyl/N-ethyl adjacent to an activating group) is 1. The number of carbonyl (C=O) groups is 1. The summed E-state index contributed by atoms with van der Waals surface area (Å²) < 4.78 is 0. The van der Waals surface area contributed by atoms with E-state index in [1.165, 1.54) is 0 Å². The van der Waals surface area contributed by atoms with Crippen molar-refractivity contribution in [3.8, 4) is 0 Å². The average molecular weight is 260 g/mol. The van der Waals surface area contributed by atoms with E-state index in [9.17, 15) is 4.79 Å². The Morgan fingerprint density at radius 3 is 2.74 bits per heavy atom. The summed E-state index contributed by atoms with van der Waals surface area (Å²) in [5.41, 5.74) is 2.06. The minimum atomic E-state index is -0.0225. The van der Waals surface area contributed by atoms with Crippen molar-refractivity contribution in [2.24, 2.45) is 5.16 Å². The van der Waals surface area contributed by atoms with E-state index in [0.29, 0.717) is 19.5 Å². The summed E-state index contributed by atoms with van der Waals surface area (Å²) in [6, 6.07) is 10.0. The maximum Gasteiger partial charge on any atom is 0.222 e. The van der Waals surface area contributed by atoms with Crippen molar-refractivity contribution in [1.82, 2.24) is 4.90 Å². The Morgan fingerprint density at radius 1 is 1.37 bits per heavy atom. The van der Waals surface area contributed by atoms with Crippen LogP contribution in [0.25, 0.3) is 0 Å². The summed E-state index contributed by atoms with van der Waals surface area (Å²) in [4.78, 5) is 19.0. The fraction of sp³-hybridized carbons (Fsp3) is 0.467. The minimum absolute atomic E-state index is 0.0225. The lowest BCUT2D eigenvalue weighted by molar-refractivity contribution is -0.132. The first-order valence-electron chi connectivity index (χ1n) is 6.80. The third-order valence-electron chi connectivity index (χ3n) is 3.30. The Morgan fingerprint density at radius 2 is 2.11 bits per heavy atom. The van der Waals surface area contributed by atoms with Crippen LogP contribution in [0.4, 0.5) is 0 Å². The lowest BCUT2D eigenvalue weighted by Crippen LogP contribution is -2.37. The molecule has 0 aromatic heterocycles. The number of oxime groups is 1. The van der Waals surface area contributed by atoms with Crippen LogP contribution in [0.5, 0.6) is 0 Å². The van der Waals surface area contributed by atoms with Crippen LogP contribution in [0.3, 0.4) is 0 Å². The van der Waals surface area contributed by atoms with Gasteiger partial charge in [0, 0.05) is 19.4 Å². The Labute approximate surface area is 114 Å². The first-order valence-corrected chi connectivity index (χ1v) is 6.80. The standard InChI is InChI=1S/C15H20N2O2/c1-3-15(18)17(4-2)11-13-10-14(16-19-13)12-8-6-5-7-9-12/h5-9,13H,3-4,10-11H2,1-2H3/t13-/m0/s1. The van der Waals surface area contributed by atoms with Gasteiger partial charge in [0.05, 0.1) is 12.3 Å². The van der Waals surface area contributed by atoms with Crippen LogP contribution in [0.2, 0.25) is 0 Å². The molecule has 19 heavy (non-hydrogen) atoms. The number of hydrogen-bond donors (Lipinski definition) is 0. The lowest BCUT2D eigenvalue weighted by atomic mass is 10.0. The molecule has 1 aromatic rings. The largest absolute Gasteiger partial charge is 0.390 e. The molecule has 2 rings (SSSR count). The van der Waals surface area contributed by atoms with Crippen LogP contribution in [0.1, 0.15) is 32.3 Å². The zero-order chi connectivity index (χ0) is 13.7. The van der Waals surface area contributed by atoms with Crippen LogP contribution < -0.4 is 0 Å². The van der Waals surface area contributed by atoms with Crippen molar-refractivity contribution in [3.05, 3.63) is 35.9 Å². The van der Waals surface area contributed by atoms with Gasteiger partial charge in [0.15, 0.2) is 6.10 Å². The van der Waals surface area contributed by atoms with Gasteiger partial charge in [-0.1, -0.05) is 42.4 Å². The molecule has 0 bridgehead atoms. The van der Waals surface area contributed by atoms with Gasteiger partial charge in [-0.05, 0) is 12.5 Å². The maximum absolute atomic E-state index is 11.7. The van der Waals surface area contributed by atoms with Gasteiger partial charge < -0.3 is 9.74 Å². The molecule has 1 aliphatic rings. The van der Waals surface area contributed by atoms with E-state index in [2.05, 4.69) is 5.16 Å². The average Bonchev–Trinajstić information content (AvgIpc) is 2.93. The molecule has 0 saturated heterocycles. The van der Waals surface area contributed by atoms with Crippen molar-refractivity contribution < 1.29 is 9.63 Å². The molecule has 1 amide bonds. The van der Waals surface area contributed by atoms with E-state index < -0.39 is 0 Å². The Balaban J connectivity index is 1.92. The molecule has 1 aliphatic heterocycles. The highest BCUT2D eigenvalue weighted by molar-refractivity contribution is 6.01. The number of benzene rings is 1. The number of rotatable bonds is 5. The van der Waals surface area contributed by atoms with Crippen molar-refractivity contribution in [2.45, 2.75) is 32.8 Å². The molecule has 1 atom stereocenters. The van der Waals surface area contributed by atoms with Crippen molar-refractivity contribution >= 4 is 11.6 Å². The smallest absolute Gasteiger partial charge is 0.222 e. The predicted octanol–water partition coefficient (Wildman–Crippen LogP) is 2.44. The third-order valence-corrected chi connectivity index (χ3v) is 3.30. The van der Waals surface area contributed by atoms with E-state index in [0.717, 1.165) is 17.7 Å². The van der Waals surface area contributed by atoms with Crippen LogP contribution in [0.15, 0.2) is 35.5 Å². The lowest BCUT2D eigenvalue weighted by Gasteiger charge is -2.22. The van der Waals surface area contributed by atoms with E-state index in [1.54, 1.807) is 0 Å². The number of hydrogen-bond acceptors (Lipinski definition) is 3. The maximum atomic E-state index is 11.7. The summed E-state index contributed by atoms with van der Waals surface area (Å²) in [5, 5.41) is 4.14. The van der Waals surface area contributed by atoms with Gasteiger partial charge in [-0.15, -0.1) is 0 Å². The Kier molecular flexibility index (Phi) is 4.55. The molecule has 0 saturated carbocycles. The Hall–Kier alpha value is -1.84. The van der Waals surface area contributed by atoms with Gasteiger partial charge in [0.1, 0.15) is 0 Å². The molecule has 102 valence electrons. The molecule has 1 aromatic carbocycles. The molecular weight excluding hydrogens is 240 g/mol. The topological polar surface area (TPSA) is 41.9 Å². The second-order valence-corrected chi connectivity index (χ2v) is 4.62. The van der Waals surface area contributed by atoms with E-state index in [1.807, 2.05) is 49.1 Å². The first kappa shape index (κ1) is 13.6. The van der Waals surface area contributed by atoms with Crippen molar-refractivity contribution in [2.75, 3.05) is 13.1 Å². The molecule has 0 fully saturated rings. The monoisotopic (exact) mass is 260 g/mol. The Bertz CT molecular complexity index is 456. The van der Waals surface area contributed by atoms with Crippen LogP contribution >= 0.6 is 0 Å². The van der Waals surface area contributed by atoms with Crippen LogP contribution in [0, 0.1) is 0 Å². The van der Waals surface area contributed by atoms with Crippen molar-refractivity contribution in [1.29, 1.82) is 0 Å². The highest BCUT2D eigenvalue weighted by Gasteiger charge is 2.25. The van der Waals surface area contributed by atoms with E-state index >= 15 is 0 Å². The zero-order valence-electron chi connectivity index (χ0n) is 11.5. The quantitative estimate of drug-likeness (QED) is 0.816. The van der Waals surface area contributed by atoms with Gasteiger partial charge >= 0.3 is 0 Å². The fourth-order valence-corrected chi connectivity index (χ4v) is 2.20. The normalized spacial score (nSPS) is 17.8. The predicted molar refractivity (Wildman–Crippen MR) is 75.0 cm³/mol. The van der Waals surface area contributed by atoms with Crippen LogP contribution in [-0.4, -0.2) is 35.7 Å². The summed E-state index contributed by atoms with van der Waals surface area (Å²) in [6.07, 6.45) is 1.27. The zero-order valence-corrected chi connectivity index (χ0v) is 11.5. The molecule has 0 N–H and O–H groups in total. The second kappa shape index (κ2) is 6.36. The fourth-order valence-electron chi connectivity index (χ4n) is 2.20. The molecular formula is C15H20N2O2. The SMILES string of the molecule is CCC(=O)N(CC)C[C@@H]1CC(c2ccccc2)=NO1. The van der Waals surface area contributed by atoms with Crippen molar-refractivity contribution in [3.63, 3.8) is 0 Å². The van der Waals surface area contributed by atoms with Gasteiger partial charge in [0.2, 0.25) is 5.91 Å². The molecule has 1 heterocycles. The summed E-state index contributed by atoms with van der Waals surface area (Å²) in [7, 11) is 0. The first-order chi connectivity index (χ1) is 9.24. The van der Waals surface area contributed by atoms with Crippen LogP contribution in [-0.2, 0) is 9.63 Å². The summed E-state index contributed by atoms with van der Waals surface area (Å²) >= 11 is 0. The summed E-state index contributed by atoms with van der Waals surface area (Å²) in [6.45, 7) is 5.20. The van der Waals surface area contributed by atoms with Gasteiger partial charge in [-0.3, -0.25) is 4.79 Å². The number of nitrogens with zero attached hydrogens (tertiary/aromatic N) is 2. The highest BCUT2D eigenvalue weighted by Crippen LogP contribution is 2.17. The molecule has 0 spiro atoms. The van der Waals surface area contributed by atoms with Gasteiger partial charge in [-0.25, -0.2) is 0 Å². The molecule has 0 unspecified atom stereocenters. The molecule has 4 heteroatoms. The number of amides is 1. The molecule has 4 nitrogen and oxygen atoms in total. The van der Waals surface area contributed by atoms with E-state index in [-0.39, 0.29) is 12.0 Å². The molecule has 0 radical (unpaired) electrons. The van der Waals surface area contributed by atoms with Gasteiger partial charge in [0.25, 0.3) is 0 Å². The highest BCUT2D eigenvalue weighted by atomic mass is 16.6. The van der Waals surface area contributed by atoms with E-state index in [4.69, 9.17) is 4.84 Å². The van der Waals surface area contributed by atoms with Gasteiger partial charge in [-0.2, -0.15) is 0 Å². The third kappa shape index (κ3) is 3.34. The second-order valence-electron chi connectivity index (χ2n) is 4.62. The molecule has 0 aliphatic carbocycles. The number of carbonyl (C=O) groups excluding carboxylic acids is 1. The minimum Gasteiger partial charge on any atom is -0.390 e. The summed E-state index contributed by atoms with van der Waals surface area (Å²) in [5.74, 6) is 0.166.